The smallest absolute Gasteiger partial charge is 0.0619 e. The highest BCUT2D eigenvalue weighted by atomic mass is 16.5. The summed E-state index contributed by atoms with van der Waals surface area (Å²) in [5.74, 6) is 1.84. The zero-order valence-electron chi connectivity index (χ0n) is 9.46. The summed E-state index contributed by atoms with van der Waals surface area (Å²) < 4.78 is 5.46. The Kier molecular flexibility index (Phi) is 3.45. The van der Waals surface area contributed by atoms with E-state index in [0.717, 1.165) is 31.1 Å². The van der Waals surface area contributed by atoms with Gasteiger partial charge in [-0.3, -0.25) is 0 Å². The van der Waals surface area contributed by atoms with Crippen LogP contribution in [0.2, 0.25) is 0 Å². The lowest BCUT2D eigenvalue weighted by Gasteiger charge is -2.41. The molecule has 0 radical (unpaired) electrons. The number of rotatable bonds is 3. The molecule has 1 atom stereocenters. The van der Waals surface area contributed by atoms with Gasteiger partial charge in [0.15, 0.2) is 0 Å². The Bertz CT molecular complexity index is 169. The largest absolute Gasteiger partial charge is 0.380 e. The second kappa shape index (κ2) is 4.63. The minimum absolute atomic E-state index is 0.641. The van der Waals surface area contributed by atoms with Crippen LogP contribution in [0, 0.1) is 11.8 Å². The van der Waals surface area contributed by atoms with Crippen molar-refractivity contribution in [2.24, 2.45) is 11.8 Å². The van der Waals surface area contributed by atoms with Gasteiger partial charge in [-0.25, -0.2) is 0 Å². The maximum Gasteiger partial charge on any atom is 0.0619 e. The molecule has 2 fully saturated rings. The third-order valence-corrected chi connectivity index (χ3v) is 3.75. The Hall–Kier alpha value is -0.0800. The summed E-state index contributed by atoms with van der Waals surface area (Å²) in [5.41, 5.74) is 0. The monoisotopic (exact) mass is 197 g/mol. The van der Waals surface area contributed by atoms with Crippen molar-refractivity contribution in [3.8, 4) is 0 Å². The van der Waals surface area contributed by atoms with Crippen molar-refractivity contribution in [3.63, 3.8) is 0 Å². The summed E-state index contributed by atoms with van der Waals surface area (Å²) >= 11 is 0. The summed E-state index contributed by atoms with van der Waals surface area (Å²) in [5, 5.41) is 3.72. The van der Waals surface area contributed by atoms with E-state index < -0.39 is 0 Å². The highest BCUT2D eigenvalue weighted by Crippen LogP contribution is 2.34. The third-order valence-electron chi connectivity index (χ3n) is 3.75. The van der Waals surface area contributed by atoms with Gasteiger partial charge in [-0.05, 0) is 37.5 Å². The van der Waals surface area contributed by atoms with E-state index in [1.54, 1.807) is 0 Å². The lowest BCUT2D eigenvalue weighted by molar-refractivity contribution is 0.0523. The van der Waals surface area contributed by atoms with Gasteiger partial charge in [-0.2, -0.15) is 0 Å². The van der Waals surface area contributed by atoms with Crippen molar-refractivity contribution in [2.45, 2.75) is 51.6 Å². The second-order valence-electron chi connectivity index (χ2n) is 5.25. The molecule has 82 valence electrons. The van der Waals surface area contributed by atoms with Gasteiger partial charge in [0.2, 0.25) is 0 Å². The van der Waals surface area contributed by atoms with Crippen LogP contribution in [0.25, 0.3) is 0 Å². The van der Waals surface area contributed by atoms with Crippen molar-refractivity contribution in [1.29, 1.82) is 0 Å². The van der Waals surface area contributed by atoms with Crippen LogP contribution in [-0.2, 0) is 4.74 Å². The van der Waals surface area contributed by atoms with E-state index in [2.05, 4.69) is 19.2 Å². The van der Waals surface area contributed by atoms with Crippen molar-refractivity contribution in [1.82, 2.24) is 5.32 Å². The number of nitrogens with one attached hydrogen (secondary N) is 1. The molecule has 1 heterocycles. The van der Waals surface area contributed by atoms with Gasteiger partial charge in [-0.1, -0.05) is 13.8 Å². The Morgan fingerprint density at radius 2 is 2.00 bits per heavy atom. The van der Waals surface area contributed by atoms with Crippen LogP contribution in [0.3, 0.4) is 0 Å². The van der Waals surface area contributed by atoms with E-state index in [1.807, 2.05) is 0 Å². The molecule has 1 saturated heterocycles. The van der Waals surface area contributed by atoms with Crippen LogP contribution in [0.5, 0.6) is 0 Å². The highest BCUT2D eigenvalue weighted by Gasteiger charge is 2.32. The van der Waals surface area contributed by atoms with Crippen LogP contribution in [0.1, 0.15) is 39.5 Å². The Balaban J connectivity index is 1.63. The fourth-order valence-electron chi connectivity index (χ4n) is 2.55. The molecule has 14 heavy (non-hydrogen) atoms. The maximum atomic E-state index is 5.46. The summed E-state index contributed by atoms with van der Waals surface area (Å²) in [4.78, 5) is 0. The zero-order chi connectivity index (χ0) is 9.97. The van der Waals surface area contributed by atoms with Crippen LogP contribution in [0.15, 0.2) is 0 Å². The van der Waals surface area contributed by atoms with E-state index in [-0.39, 0.29) is 0 Å². The number of ether oxygens (including phenoxy) is 1. The number of hydrogen-bond acceptors (Lipinski definition) is 2. The molecular formula is C12H23NO. The molecule has 1 unspecified atom stereocenters. The Morgan fingerprint density at radius 1 is 1.21 bits per heavy atom. The first-order chi connectivity index (χ1) is 6.75. The molecule has 0 aromatic carbocycles. The van der Waals surface area contributed by atoms with Gasteiger partial charge in [0.05, 0.1) is 6.61 Å². The lowest BCUT2D eigenvalue weighted by atomic mass is 9.73. The topological polar surface area (TPSA) is 21.3 Å². The minimum Gasteiger partial charge on any atom is -0.380 e. The van der Waals surface area contributed by atoms with E-state index in [1.165, 1.54) is 25.7 Å². The van der Waals surface area contributed by atoms with Gasteiger partial charge < -0.3 is 10.1 Å². The molecule has 2 aliphatic rings. The minimum atomic E-state index is 0.641. The van der Waals surface area contributed by atoms with Crippen LogP contribution >= 0.6 is 0 Å². The maximum absolute atomic E-state index is 5.46. The average Bonchev–Trinajstić information content (AvgIpc) is 2.12. The predicted octanol–water partition coefficient (Wildman–Crippen LogP) is 2.19. The average molecular weight is 197 g/mol. The highest BCUT2D eigenvalue weighted by molar-refractivity contribution is 4.89. The van der Waals surface area contributed by atoms with Crippen molar-refractivity contribution >= 4 is 0 Å². The van der Waals surface area contributed by atoms with Crippen molar-refractivity contribution < 1.29 is 4.74 Å². The Labute approximate surface area is 87.4 Å². The first-order valence-electron chi connectivity index (χ1n) is 6.09. The Morgan fingerprint density at radius 3 is 2.57 bits per heavy atom. The summed E-state index contributed by atoms with van der Waals surface area (Å²) in [7, 11) is 0. The van der Waals surface area contributed by atoms with Gasteiger partial charge in [0.25, 0.3) is 0 Å². The second-order valence-corrected chi connectivity index (χ2v) is 5.25. The summed E-state index contributed by atoms with van der Waals surface area (Å²) in [6.07, 6.45) is 5.31. The van der Waals surface area contributed by atoms with Gasteiger partial charge in [0, 0.05) is 18.7 Å². The van der Waals surface area contributed by atoms with E-state index in [0.29, 0.717) is 6.04 Å². The van der Waals surface area contributed by atoms with Crippen molar-refractivity contribution in [3.05, 3.63) is 0 Å². The molecule has 1 N–H and O–H groups in total. The molecular weight excluding hydrogens is 174 g/mol. The van der Waals surface area contributed by atoms with Gasteiger partial charge in [0.1, 0.15) is 0 Å². The van der Waals surface area contributed by atoms with E-state index >= 15 is 0 Å². The van der Waals surface area contributed by atoms with E-state index in [4.69, 9.17) is 4.74 Å². The zero-order valence-corrected chi connectivity index (χ0v) is 9.46. The molecule has 0 aromatic heterocycles. The fourth-order valence-corrected chi connectivity index (χ4v) is 2.55. The third kappa shape index (κ3) is 2.48. The summed E-state index contributed by atoms with van der Waals surface area (Å²) in [6.45, 7) is 6.58. The molecule has 1 aliphatic carbocycles. The van der Waals surface area contributed by atoms with Gasteiger partial charge in [-0.15, -0.1) is 0 Å². The molecule has 2 rings (SSSR count). The molecule has 1 aliphatic heterocycles. The molecule has 0 spiro atoms. The standard InChI is InChI=1S/C12H23NO/c1-9(2)10-6-12(7-10)13-11-4-3-5-14-8-11/h9-13H,3-8H2,1-2H3. The molecule has 0 amide bonds. The summed E-state index contributed by atoms with van der Waals surface area (Å²) in [6, 6.07) is 1.43. The molecule has 0 aromatic rings. The molecule has 1 saturated carbocycles. The van der Waals surface area contributed by atoms with Crippen LogP contribution < -0.4 is 5.32 Å². The quantitative estimate of drug-likeness (QED) is 0.749. The van der Waals surface area contributed by atoms with Crippen LogP contribution in [-0.4, -0.2) is 25.3 Å². The first-order valence-corrected chi connectivity index (χ1v) is 6.09. The SMILES string of the molecule is CC(C)C1CC(NC2CCCOC2)C1. The normalized spacial score (nSPS) is 38.4. The van der Waals surface area contributed by atoms with Crippen molar-refractivity contribution in [2.75, 3.05) is 13.2 Å². The number of hydrogen-bond donors (Lipinski definition) is 1. The van der Waals surface area contributed by atoms with Crippen LogP contribution in [0.4, 0.5) is 0 Å². The molecule has 2 heteroatoms. The molecule has 2 nitrogen and oxygen atoms in total. The first kappa shape index (κ1) is 10.4. The predicted molar refractivity (Wildman–Crippen MR) is 58.3 cm³/mol. The lowest BCUT2D eigenvalue weighted by Crippen LogP contribution is -2.50. The fraction of sp³-hybridized carbons (Fsp3) is 1.00. The van der Waals surface area contributed by atoms with E-state index in [9.17, 15) is 0 Å². The van der Waals surface area contributed by atoms with Gasteiger partial charge >= 0.3 is 0 Å². The molecule has 0 bridgehead atoms.